The van der Waals surface area contributed by atoms with E-state index in [1.807, 2.05) is 0 Å². The molecule has 0 radical (unpaired) electrons. The Kier molecular flexibility index (Phi) is 3.74. The number of anilines is 1. The molecule has 0 atom stereocenters. The van der Waals surface area contributed by atoms with Crippen LogP contribution in [0.25, 0.3) is 0 Å². The molecule has 0 saturated carbocycles. The Morgan fingerprint density at radius 1 is 1.37 bits per heavy atom. The number of halogens is 1. The smallest absolute Gasteiger partial charge is 0.345 e. The van der Waals surface area contributed by atoms with Gasteiger partial charge in [0.2, 0.25) is 0 Å². The maximum Gasteiger partial charge on any atom is 0.345 e. The zero-order valence-electron chi connectivity index (χ0n) is 9.20. The Bertz CT molecular complexity index is 727. The Morgan fingerprint density at radius 2 is 2.11 bits per heavy atom. The summed E-state index contributed by atoms with van der Waals surface area (Å²) in [4.78, 5) is 14.3. The molecule has 6 nitrogen and oxygen atoms in total. The van der Waals surface area contributed by atoms with Crippen LogP contribution in [0.5, 0.6) is 0 Å². The average Bonchev–Trinajstić information content (AvgIpc) is 2.77. The molecule has 0 fully saturated rings. The topological polar surface area (TPSA) is 96.4 Å². The lowest BCUT2D eigenvalue weighted by atomic mass is 10.5. The molecule has 9 heteroatoms. The predicted octanol–water partition coefficient (Wildman–Crippen LogP) is 2.30. The highest BCUT2D eigenvalue weighted by atomic mass is 35.5. The van der Waals surface area contributed by atoms with Crippen molar-refractivity contribution in [2.75, 3.05) is 4.72 Å². The van der Waals surface area contributed by atoms with Gasteiger partial charge in [-0.3, -0.25) is 4.72 Å². The lowest BCUT2D eigenvalue weighted by Gasteiger charge is -2.06. The first-order valence-corrected chi connectivity index (χ1v) is 7.54. The van der Waals surface area contributed by atoms with Crippen LogP contribution in [-0.2, 0) is 10.0 Å². The van der Waals surface area contributed by atoms with E-state index in [0.717, 1.165) is 11.3 Å². The van der Waals surface area contributed by atoms with Gasteiger partial charge in [-0.2, -0.15) is 0 Å². The van der Waals surface area contributed by atoms with Crippen molar-refractivity contribution in [3.05, 3.63) is 40.5 Å². The molecule has 19 heavy (non-hydrogen) atoms. The van der Waals surface area contributed by atoms with E-state index in [-0.39, 0.29) is 19.9 Å². The Hall–Kier alpha value is -1.64. The number of aromatic carboxylic acids is 1. The molecule has 0 bridgehead atoms. The highest BCUT2D eigenvalue weighted by Gasteiger charge is 2.19. The second kappa shape index (κ2) is 5.16. The number of carboxylic acids is 1. The molecule has 0 aliphatic rings. The van der Waals surface area contributed by atoms with Crippen LogP contribution in [0.4, 0.5) is 5.00 Å². The summed E-state index contributed by atoms with van der Waals surface area (Å²) in [7, 11) is -3.88. The molecule has 2 rings (SSSR count). The number of aromatic nitrogens is 1. The summed E-state index contributed by atoms with van der Waals surface area (Å²) in [5.41, 5.74) is 0. The van der Waals surface area contributed by atoms with Crippen LogP contribution in [0, 0.1) is 0 Å². The van der Waals surface area contributed by atoms with Crippen LogP contribution in [0.2, 0.25) is 5.15 Å². The minimum Gasteiger partial charge on any atom is -0.477 e. The van der Waals surface area contributed by atoms with Crippen LogP contribution in [-0.4, -0.2) is 24.5 Å². The van der Waals surface area contributed by atoms with Gasteiger partial charge < -0.3 is 5.11 Å². The van der Waals surface area contributed by atoms with Gasteiger partial charge in [0.15, 0.2) is 0 Å². The van der Waals surface area contributed by atoms with Crippen LogP contribution in [0.3, 0.4) is 0 Å². The van der Waals surface area contributed by atoms with Crippen LogP contribution < -0.4 is 4.72 Å². The number of nitrogens with one attached hydrogen (secondary N) is 1. The van der Waals surface area contributed by atoms with Crippen molar-refractivity contribution in [3.63, 3.8) is 0 Å². The zero-order chi connectivity index (χ0) is 14.0. The van der Waals surface area contributed by atoms with Crippen molar-refractivity contribution in [3.8, 4) is 0 Å². The molecule has 2 heterocycles. The maximum absolute atomic E-state index is 12.0. The standard InChI is InChI=1S/C10H7ClN2O4S2/c11-9-7(2-1-5-12-9)19(16,17)13-8-4-3-6(18-8)10(14)15/h1-5,13H,(H,14,15). The molecule has 100 valence electrons. The third-order valence-electron chi connectivity index (χ3n) is 2.07. The Labute approximate surface area is 117 Å². The van der Waals surface area contributed by atoms with Crippen molar-refractivity contribution in [2.45, 2.75) is 4.90 Å². The van der Waals surface area contributed by atoms with Gasteiger partial charge in [0.25, 0.3) is 10.0 Å². The first kappa shape index (κ1) is 13.8. The lowest BCUT2D eigenvalue weighted by molar-refractivity contribution is 0.0702. The van der Waals surface area contributed by atoms with E-state index in [9.17, 15) is 13.2 Å². The molecule has 2 N–H and O–H groups in total. The summed E-state index contributed by atoms with van der Waals surface area (Å²) >= 11 is 6.52. The summed E-state index contributed by atoms with van der Waals surface area (Å²) in [6.07, 6.45) is 1.37. The van der Waals surface area contributed by atoms with Crippen molar-refractivity contribution < 1.29 is 18.3 Å². The number of hydrogen-bond acceptors (Lipinski definition) is 5. The fourth-order valence-electron chi connectivity index (χ4n) is 1.27. The fraction of sp³-hybridized carbons (Fsp3) is 0. The number of rotatable bonds is 4. The molecule has 2 aromatic rings. The van der Waals surface area contributed by atoms with Crippen molar-refractivity contribution >= 4 is 43.9 Å². The molecule has 0 spiro atoms. The first-order chi connectivity index (χ1) is 8.90. The minimum absolute atomic E-state index is 0.0370. The summed E-state index contributed by atoms with van der Waals surface area (Å²) in [5, 5.41) is 8.80. The number of sulfonamides is 1. The van der Waals surface area contributed by atoms with E-state index in [4.69, 9.17) is 16.7 Å². The SMILES string of the molecule is O=C(O)c1ccc(NS(=O)(=O)c2cccnc2Cl)s1. The second-order valence-corrected chi connectivity index (χ2v) is 6.46. The van der Waals surface area contributed by atoms with Crippen molar-refractivity contribution in [2.24, 2.45) is 0 Å². The Balaban J connectivity index is 2.31. The molecule has 0 aliphatic carbocycles. The largest absolute Gasteiger partial charge is 0.477 e. The highest BCUT2D eigenvalue weighted by Crippen LogP contribution is 2.26. The molecule has 0 aromatic carbocycles. The van der Waals surface area contributed by atoms with Gasteiger partial charge in [-0.1, -0.05) is 11.6 Å². The van der Waals surface area contributed by atoms with E-state index < -0.39 is 16.0 Å². The minimum atomic E-state index is -3.88. The average molecular weight is 319 g/mol. The quantitative estimate of drug-likeness (QED) is 0.843. The van der Waals surface area contributed by atoms with Gasteiger partial charge in [0.1, 0.15) is 19.9 Å². The summed E-state index contributed by atoms with van der Waals surface area (Å²) in [5.74, 6) is -1.12. The zero-order valence-corrected chi connectivity index (χ0v) is 11.6. The molecule has 0 unspecified atom stereocenters. The predicted molar refractivity (Wildman–Crippen MR) is 71.3 cm³/mol. The molecule has 0 aliphatic heterocycles. The van der Waals surface area contributed by atoms with Crippen LogP contribution in [0.1, 0.15) is 9.67 Å². The number of pyridine rings is 1. The third-order valence-corrected chi connectivity index (χ3v) is 4.99. The van der Waals surface area contributed by atoms with Gasteiger partial charge in [-0.15, -0.1) is 11.3 Å². The number of nitrogens with zero attached hydrogens (tertiary/aromatic N) is 1. The van der Waals surface area contributed by atoms with Gasteiger partial charge in [0, 0.05) is 6.20 Å². The van der Waals surface area contributed by atoms with Crippen LogP contribution >= 0.6 is 22.9 Å². The number of carboxylic acid groups (broad SMARTS) is 1. The van der Waals surface area contributed by atoms with E-state index in [2.05, 4.69) is 9.71 Å². The van der Waals surface area contributed by atoms with Crippen molar-refractivity contribution in [1.29, 1.82) is 0 Å². The molecular formula is C10H7ClN2O4S2. The Morgan fingerprint density at radius 3 is 2.68 bits per heavy atom. The van der Waals surface area contributed by atoms with Gasteiger partial charge in [-0.05, 0) is 24.3 Å². The number of hydrogen-bond donors (Lipinski definition) is 2. The molecule has 0 amide bonds. The number of thiophene rings is 1. The van der Waals surface area contributed by atoms with E-state index in [0.29, 0.717) is 0 Å². The van der Waals surface area contributed by atoms with Gasteiger partial charge in [0.05, 0.1) is 0 Å². The normalized spacial score (nSPS) is 11.2. The second-order valence-electron chi connectivity index (χ2n) is 3.37. The first-order valence-electron chi connectivity index (χ1n) is 4.86. The molecule has 0 saturated heterocycles. The highest BCUT2D eigenvalue weighted by molar-refractivity contribution is 7.93. The lowest BCUT2D eigenvalue weighted by Crippen LogP contribution is -2.12. The summed E-state index contributed by atoms with van der Waals surface area (Å²) < 4.78 is 26.3. The van der Waals surface area contributed by atoms with Crippen molar-refractivity contribution in [1.82, 2.24) is 4.98 Å². The van der Waals surface area contributed by atoms with E-state index in [1.54, 1.807) is 0 Å². The summed E-state index contributed by atoms with van der Waals surface area (Å²) in [6.45, 7) is 0. The number of carbonyl (C=O) groups is 1. The van der Waals surface area contributed by atoms with Gasteiger partial charge in [-0.25, -0.2) is 18.2 Å². The van der Waals surface area contributed by atoms with E-state index >= 15 is 0 Å². The van der Waals surface area contributed by atoms with Crippen LogP contribution in [0.15, 0.2) is 35.4 Å². The fourth-order valence-corrected chi connectivity index (χ4v) is 3.76. The monoisotopic (exact) mass is 318 g/mol. The van der Waals surface area contributed by atoms with Gasteiger partial charge >= 0.3 is 5.97 Å². The maximum atomic E-state index is 12.0. The third kappa shape index (κ3) is 3.03. The molecular weight excluding hydrogens is 312 g/mol. The van der Waals surface area contributed by atoms with E-state index in [1.165, 1.54) is 30.5 Å². The summed E-state index contributed by atoms with van der Waals surface area (Å²) in [6, 6.07) is 5.44. The molecule has 2 aromatic heterocycles.